The molecule has 0 amide bonds. The molecule has 0 N–H and O–H groups in total. The zero-order valence-electron chi connectivity index (χ0n) is 24.8. The summed E-state index contributed by atoms with van der Waals surface area (Å²) in [7, 11) is 0. The van der Waals surface area contributed by atoms with Crippen LogP contribution < -0.4 is 9.47 Å². The molecule has 0 bridgehead atoms. The third kappa shape index (κ3) is 16.9. The molecule has 0 unspecified atom stereocenters. The van der Waals surface area contributed by atoms with E-state index >= 15 is 0 Å². The van der Waals surface area contributed by atoms with Gasteiger partial charge < -0.3 is 23.7 Å². The summed E-state index contributed by atoms with van der Waals surface area (Å²) < 4.78 is 32.6. The van der Waals surface area contributed by atoms with Gasteiger partial charge >= 0.3 is 92.4 Å². The van der Waals surface area contributed by atoms with E-state index in [4.69, 9.17) is 23.7 Å². The van der Waals surface area contributed by atoms with E-state index in [0.717, 1.165) is 43.8 Å². The summed E-state index contributed by atoms with van der Waals surface area (Å²) in [6.45, 7) is 15.5. The summed E-state index contributed by atoms with van der Waals surface area (Å²) in [5.41, 5.74) is 2.44. The molecule has 0 aliphatic carbocycles. The molecule has 6 heteroatoms. The Morgan fingerprint density at radius 1 is 0.595 bits per heavy atom. The molecule has 5 nitrogen and oxygen atoms in total. The molecule has 37 heavy (non-hydrogen) atoms. The fraction of sp³-hybridized carbons (Fsp3) is 0.806. The van der Waals surface area contributed by atoms with Crippen molar-refractivity contribution < 1.29 is 23.7 Å². The van der Waals surface area contributed by atoms with Crippen molar-refractivity contribution >= 4 is 19.8 Å². The van der Waals surface area contributed by atoms with E-state index in [1.165, 1.54) is 49.7 Å². The van der Waals surface area contributed by atoms with Crippen molar-refractivity contribution in [2.45, 2.75) is 119 Å². The minimum atomic E-state index is -0.839. The fourth-order valence-electron chi connectivity index (χ4n) is 4.19. The Hall–Kier alpha value is -0.501. The van der Waals surface area contributed by atoms with Crippen LogP contribution in [0.15, 0.2) is 12.1 Å². The number of fused-ring (bicyclic) bond motifs is 1. The fourth-order valence-corrected chi connectivity index (χ4v) is 13.6. The normalized spacial score (nSPS) is 12.2. The summed E-state index contributed by atoms with van der Waals surface area (Å²) in [5, 5.41) is 0. The number of hydrogen-bond donors (Lipinski definition) is 0. The molecule has 0 saturated carbocycles. The van der Waals surface area contributed by atoms with E-state index in [1.54, 1.807) is 13.3 Å². The molecule has 0 atom stereocenters. The van der Waals surface area contributed by atoms with Crippen LogP contribution in [0.1, 0.15) is 104 Å². The average Bonchev–Trinajstić information content (AvgIpc) is 3.37. The van der Waals surface area contributed by atoms with Crippen LogP contribution in [0.2, 0.25) is 13.3 Å². The Kier molecular flexibility index (Phi) is 22.9. The Labute approximate surface area is 236 Å². The zero-order valence-corrected chi connectivity index (χ0v) is 27.7. The van der Waals surface area contributed by atoms with Crippen molar-refractivity contribution in [1.29, 1.82) is 0 Å². The number of aryl methyl sites for hydroxylation is 1. The molecule has 0 fully saturated rings. The predicted octanol–water partition coefficient (Wildman–Crippen LogP) is 8.60. The molecule has 0 spiro atoms. The monoisotopic (exact) mass is 629 g/mol. The Morgan fingerprint density at radius 3 is 1.59 bits per heavy atom. The summed E-state index contributed by atoms with van der Waals surface area (Å²) in [6.07, 6.45) is 13.2. The molecular formula is C31H57O5Sn. The molecule has 215 valence electrons. The van der Waals surface area contributed by atoms with Gasteiger partial charge in [0.25, 0.3) is 0 Å². The third-order valence-electron chi connectivity index (χ3n) is 6.51. The molecular weight excluding hydrogens is 571 g/mol. The third-order valence-corrected chi connectivity index (χ3v) is 15.6. The van der Waals surface area contributed by atoms with E-state index in [-0.39, 0.29) is 0 Å². The molecule has 2 rings (SSSR count). The standard InChI is InChI=1S/C19H30O5.3C4H9.Sn/c1-3-5-7-20-8-9-21-10-11-22-14-17-13-19-18(23-15-24-19)12-16(17)6-4-2;3*1-3-4-2;/h12-13H,3-11,14-15H2,1-2H3;3*1,3-4H2,2H3;. The van der Waals surface area contributed by atoms with Gasteiger partial charge in [0.15, 0.2) is 11.5 Å². The molecule has 1 radical (unpaired) electrons. The van der Waals surface area contributed by atoms with Crippen LogP contribution in [0.3, 0.4) is 0 Å². The van der Waals surface area contributed by atoms with Gasteiger partial charge in [-0.1, -0.05) is 26.7 Å². The van der Waals surface area contributed by atoms with Crippen LogP contribution in [0.25, 0.3) is 0 Å². The minimum absolute atomic E-state index is 0.305. The first-order chi connectivity index (χ1) is 18.2. The average molecular weight is 629 g/mol. The quantitative estimate of drug-likeness (QED) is 0.0951. The SMILES string of the molecule is CCCCOCCOCCOCc1cc2c(cc1CCC)OCO2.CCC[CH2][Sn]([CH2]CCC)[CH2]CCC. The maximum atomic E-state index is 5.75. The van der Waals surface area contributed by atoms with Crippen molar-refractivity contribution in [3.05, 3.63) is 23.3 Å². The van der Waals surface area contributed by atoms with Crippen molar-refractivity contribution in [2.75, 3.05) is 39.8 Å². The van der Waals surface area contributed by atoms with Gasteiger partial charge in [0.05, 0.1) is 33.0 Å². The van der Waals surface area contributed by atoms with Gasteiger partial charge in [-0.25, -0.2) is 0 Å². The first kappa shape index (κ1) is 34.5. The van der Waals surface area contributed by atoms with Crippen molar-refractivity contribution in [3.63, 3.8) is 0 Å². The van der Waals surface area contributed by atoms with Crippen molar-refractivity contribution in [3.8, 4) is 11.5 Å². The second kappa shape index (κ2) is 24.5. The van der Waals surface area contributed by atoms with Gasteiger partial charge in [0, 0.05) is 6.61 Å². The second-order valence-corrected chi connectivity index (χ2v) is 18.5. The van der Waals surface area contributed by atoms with E-state index in [0.29, 0.717) is 39.8 Å². The predicted molar refractivity (Wildman–Crippen MR) is 158 cm³/mol. The second-order valence-electron chi connectivity index (χ2n) is 9.92. The van der Waals surface area contributed by atoms with Crippen LogP contribution in [-0.2, 0) is 27.2 Å². The Morgan fingerprint density at radius 2 is 1.08 bits per heavy atom. The molecule has 1 heterocycles. The van der Waals surface area contributed by atoms with E-state index < -0.39 is 19.8 Å². The number of benzene rings is 1. The molecule has 1 aromatic rings. The topological polar surface area (TPSA) is 46.2 Å². The number of rotatable bonds is 22. The van der Waals surface area contributed by atoms with E-state index in [1.807, 2.05) is 6.07 Å². The summed E-state index contributed by atoms with van der Waals surface area (Å²) >= 11 is -0.839. The molecule has 1 aromatic carbocycles. The molecule has 0 saturated heterocycles. The summed E-state index contributed by atoms with van der Waals surface area (Å²) in [4.78, 5) is 0. The Bertz CT molecular complexity index is 636. The van der Waals surface area contributed by atoms with Gasteiger partial charge in [-0.3, -0.25) is 0 Å². The van der Waals surface area contributed by atoms with Crippen LogP contribution in [0.5, 0.6) is 11.5 Å². The van der Waals surface area contributed by atoms with Gasteiger partial charge in [0.1, 0.15) is 0 Å². The van der Waals surface area contributed by atoms with Crippen molar-refractivity contribution in [1.82, 2.24) is 0 Å². The summed E-state index contributed by atoms with van der Waals surface area (Å²) in [5.74, 6) is 1.66. The first-order valence-electron chi connectivity index (χ1n) is 15.2. The number of ether oxygens (including phenoxy) is 5. The summed E-state index contributed by atoms with van der Waals surface area (Å²) in [6, 6.07) is 4.12. The van der Waals surface area contributed by atoms with Gasteiger partial charge in [-0.05, 0) is 36.1 Å². The first-order valence-corrected chi connectivity index (χ1v) is 21.2. The number of hydrogen-bond acceptors (Lipinski definition) is 5. The maximum absolute atomic E-state index is 5.75. The van der Waals surface area contributed by atoms with Crippen molar-refractivity contribution in [2.24, 2.45) is 0 Å². The van der Waals surface area contributed by atoms with E-state index in [9.17, 15) is 0 Å². The van der Waals surface area contributed by atoms with Crippen LogP contribution >= 0.6 is 0 Å². The molecule has 1 aliphatic rings. The van der Waals surface area contributed by atoms with Crippen LogP contribution in [-0.4, -0.2) is 59.6 Å². The van der Waals surface area contributed by atoms with E-state index in [2.05, 4.69) is 40.7 Å². The van der Waals surface area contributed by atoms with Crippen LogP contribution in [0, 0.1) is 0 Å². The molecule has 1 aliphatic heterocycles. The van der Waals surface area contributed by atoms with Gasteiger partial charge in [0.2, 0.25) is 6.79 Å². The van der Waals surface area contributed by atoms with Gasteiger partial charge in [-0.2, -0.15) is 0 Å². The molecule has 0 aromatic heterocycles. The van der Waals surface area contributed by atoms with Gasteiger partial charge in [-0.15, -0.1) is 0 Å². The Balaban J connectivity index is 0.000000448. The number of unbranched alkanes of at least 4 members (excludes halogenated alkanes) is 4. The zero-order chi connectivity index (χ0) is 27.0. The van der Waals surface area contributed by atoms with Crippen LogP contribution in [0.4, 0.5) is 0 Å².